The highest BCUT2D eigenvalue weighted by molar-refractivity contribution is 5.97. The molecular formula is C24H24N2O6. The molecule has 3 aromatic rings. The predicted octanol–water partition coefficient (Wildman–Crippen LogP) is 2.58. The fourth-order valence-electron chi connectivity index (χ4n) is 3.92. The maximum atomic E-state index is 12.8. The van der Waals surface area contributed by atoms with Gasteiger partial charge in [-0.3, -0.25) is 9.59 Å². The number of carboxylic acid groups (broad SMARTS) is 1. The van der Waals surface area contributed by atoms with Gasteiger partial charge in [0, 0.05) is 18.3 Å². The first kappa shape index (κ1) is 21.6. The van der Waals surface area contributed by atoms with Gasteiger partial charge in [-0.1, -0.05) is 24.3 Å². The second kappa shape index (κ2) is 8.84. The smallest absolute Gasteiger partial charge is 0.334 e. The zero-order chi connectivity index (χ0) is 22.8. The molecule has 2 aromatic carbocycles. The van der Waals surface area contributed by atoms with Crippen molar-refractivity contribution in [2.75, 3.05) is 19.7 Å². The third-order valence-electron chi connectivity index (χ3n) is 5.62. The van der Waals surface area contributed by atoms with Gasteiger partial charge in [0.15, 0.2) is 12.2 Å². The van der Waals surface area contributed by atoms with E-state index in [1.807, 2.05) is 37.3 Å². The molecule has 1 aliphatic rings. The monoisotopic (exact) mass is 436 g/mol. The summed E-state index contributed by atoms with van der Waals surface area (Å²) in [5, 5.41) is 10.4. The van der Waals surface area contributed by atoms with Crippen molar-refractivity contribution in [2.24, 2.45) is 0 Å². The molecule has 8 nitrogen and oxygen atoms in total. The standard InChI is InChI=1S/C24H24N2O6/c1-14-5-3-4-6-17(14)20-12-25-22(27)19-11-16(7-8-18(19)20)32-15(2)23(28)26-9-10-31-21(13-26)24(29)30/h3-8,11-12,15,21H,9-10,13H2,1-2H3,(H,25,27)(H,29,30)/t15-,21+/m1/s1. The van der Waals surface area contributed by atoms with E-state index in [2.05, 4.69) is 4.98 Å². The van der Waals surface area contributed by atoms with Crippen LogP contribution in [0.3, 0.4) is 0 Å². The summed E-state index contributed by atoms with van der Waals surface area (Å²) in [7, 11) is 0. The van der Waals surface area contributed by atoms with E-state index in [0.29, 0.717) is 17.7 Å². The first-order chi connectivity index (χ1) is 15.3. The molecule has 2 heterocycles. The van der Waals surface area contributed by atoms with Crippen LogP contribution >= 0.6 is 0 Å². The number of carbonyl (C=O) groups is 2. The summed E-state index contributed by atoms with van der Waals surface area (Å²) < 4.78 is 11.0. The minimum absolute atomic E-state index is 0.0287. The van der Waals surface area contributed by atoms with Crippen LogP contribution in [0.5, 0.6) is 5.75 Å². The number of hydrogen-bond donors (Lipinski definition) is 2. The first-order valence-electron chi connectivity index (χ1n) is 10.4. The molecule has 0 unspecified atom stereocenters. The lowest BCUT2D eigenvalue weighted by atomic mass is 9.97. The van der Waals surface area contributed by atoms with Gasteiger partial charge >= 0.3 is 5.97 Å². The number of nitrogens with zero attached hydrogens (tertiary/aromatic N) is 1. The Labute approximate surface area is 184 Å². The summed E-state index contributed by atoms with van der Waals surface area (Å²) in [6.45, 7) is 4.04. The number of H-pyrrole nitrogens is 1. The van der Waals surface area contributed by atoms with Crippen molar-refractivity contribution in [1.29, 1.82) is 0 Å². The highest BCUT2D eigenvalue weighted by Gasteiger charge is 2.31. The minimum atomic E-state index is -1.10. The van der Waals surface area contributed by atoms with Crippen LogP contribution in [0.4, 0.5) is 0 Å². The molecule has 166 valence electrons. The van der Waals surface area contributed by atoms with Crippen molar-refractivity contribution >= 4 is 22.6 Å². The van der Waals surface area contributed by atoms with Crippen molar-refractivity contribution < 1.29 is 24.2 Å². The summed E-state index contributed by atoms with van der Waals surface area (Å²) in [6, 6.07) is 13.1. The third kappa shape index (κ3) is 4.22. The molecule has 2 atom stereocenters. The molecule has 8 heteroatoms. The van der Waals surface area contributed by atoms with E-state index in [-0.39, 0.29) is 24.6 Å². The Hall–Kier alpha value is -3.65. The summed E-state index contributed by atoms with van der Waals surface area (Å²) in [5.74, 6) is -1.05. The number of pyridine rings is 1. The van der Waals surface area contributed by atoms with Gasteiger partial charge in [0.1, 0.15) is 5.75 Å². The molecule has 1 aliphatic heterocycles. The largest absolute Gasteiger partial charge is 0.481 e. The van der Waals surface area contributed by atoms with Crippen molar-refractivity contribution in [1.82, 2.24) is 9.88 Å². The lowest BCUT2D eigenvalue weighted by molar-refractivity contribution is -0.161. The maximum absolute atomic E-state index is 12.8. The van der Waals surface area contributed by atoms with Crippen LogP contribution in [0.1, 0.15) is 12.5 Å². The summed E-state index contributed by atoms with van der Waals surface area (Å²) >= 11 is 0. The normalized spacial score (nSPS) is 17.2. The van der Waals surface area contributed by atoms with Gasteiger partial charge in [-0.05, 0) is 48.6 Å². The van der Waals surface area contributed by atoms with Gasteiger partial charge in [-0.25, -0.2) is 4.79 Å². The van der Waals surface area contributed by atoms with Crippen LogP contribution in [0.15, 0.2) is 53.5 Å². The lowest BCUT2D eigenvalue weighted by Crippen LogP contribution is -2.51. The predicted molar refractivity (Wildman–Crippen MR) is 119 cm³/mol. The summed E-state index contributed by atoms with van der Waals surface area (Å²) in [4.78, 5) is 40.6. The zero-order valence-electron chi connectivity index (χ0n) is 17.8. The van der Waals surface area contributed by atoms with Gasteiger partial charge in [0.05, 0.1) is 18.5 Å². The van der Waals surface area contributed by atoms with Crippen LogP contribution in [0.2, 0.25) is 0 Å². The molecule has 32 heavy (non-hydrogen) atoms. The molecule has 0 aliphatic carbocycles. The number of rotatable bonds is 5. The highest BCUT2D eigenvalue weighted by atomic mass is 16.5. The van der Waals surface area contributed by atoms with Crippen LogP contribution in [0, 0.1) is 6.92 Å². The zero-order valence-corrected chi connectivity index (χ0v) is 17.8. The molecule has 1 saturated heterocycles. The summed E-state index contributed by atoms with van der Waals surface area (Å²) in [5.41, 5.74) is 2.76. The molecule has 0 radical (unpaired) electrons. The van der Waals surface area contributed by atoms with E-state index in [1.165, 1.54) is 4.90 Å². The van der Waals surface area contributed by atoms with E-state index in [4.69, 9.17) is 14.6 Å². The summed E-state index contributed by atoms with van der Waals surface area (Å²) in [6.07, 6.45) is -0.186. The van der Waals surface area contributed by atoms with E-state index in [9.17, 15) is 14.4 Å². The Morgan fingerprint density at radius 3 is 2.72 bits per heavy atom. The Morgan fingerprint density at radius 2 is 1.97 bits per heavy atom. The quantitative estimate of drug-likeness (QED) is 0.636. The fourth-order valence-corrected chi connectivity index (χ4v) is 3.92. The van der Waals surface area contributed by atoms with Crippen molar-refractivity contribution in [2.45, 2.75) is 26.1 Å². The Bertz CT molecular complexity index is 1230. The number of fused-ring (bicyclic) bond motifs is 1. The lowest BCUT2D eigenvalue weighted by Gasteiger charge is -2.32. The van der Waals surface area contributed by atoms with Gasteiger partial charge in [-0.15, -0.1) is 0 Å². The molecule has 0 saturated carbocycles. The van der Waals surface area contributed by atoms with Crippen molar-refractivity contribution in [3.8, 4) is 16.9 Å². The molecule has 0 spiro atoms. The number of ether oxygens (including phenoxy) is 2. The number of amides is 1. The fraction of sp³-hybridized carbons (Fsp3) is 0.292. The molecule has 1 aromatic heterocycles. The van der Waals surface area contributed by atoms with Crippen LogP contribution in [-0.4, -0.2) is 58.8 Å². The minimum Gasteiger partial charge on any atom is -0.481 e. The molecule has 4 rings (SSSR count). The second-order valence-corrected chi connectivity index (χ2v) is 7.80. The number of carboxylic acids is 1. The molecular weight excluding hydrogens is 412 g/mol. The average Bonchev–Trinajstić information content (AvgIpc) is 2.80. The van der Waals surface area contributed by atoms with Gasteiger partial charge < -0.3 is 24.5 Å². The third-order valence-corrected chi connectivity index (χ3v) is 5.62. The van der Waals surface area contributed by atoms with Crippen molar-refractivity contribution in [3.63, 3.8) is 0 Å². The number of carbonyl (C=O) groups excluding carboxylic acids is 1. The second-order valence-electron chi connectivity index (χ2n) is 7.80. The number of morpholine rings is 1. The number of aliphatic carboxylic acids is 1. The molecule has 1 fully saturated rings. The van der Waals surface area contributed by atoms with Crippen LogP contribution in [0.25, 0.3) is 21.9 Å². The molecule has 0 bridgehead atoms. The molecule has 1 amide bonds. The number of nitrogens with one attached hydrogen (secondary N) is 1. The number of aryl methyl sites for hydroxylation is 1. The topological polar surface area (TPSA) is 109 Å². The van der Waals surface area contributed by atoms with Gasteiger partial charge in [0.2, 0.25) is 0 Å². The van der Waals surface area contributed by atoms with Gasteiger partial charge in [0.25, 0.3) is 11.5 Å². The van der Waals surface area contributed by atoms with Crippen molar-refractivity contribution in [3.05, 3.63) is 64.6 Å². The molecule has 2 N–H and O–H groups in total. The van der Waals surface area contributed by atoms with Crippen LogP contribution < -0.4 is 10.3 Å². The number of hydrogen-bond acceptors (Lipinski definition) is 5. The van der Waals surface area contributed by atoms with Gasteiger partial charge in [-0.2, -0.15) is 0 Å². The van der Waals surface area contributed by atoms with E-state index in [0.717, 1.165) is 22.1 Å². The first-order valence-corrected chi connectivity index (χ1v) is 10.4. The Morgan fingerprint density at radius 1 is 1.19 bits per heavy atom. The number of aromatic nitrogens is 1. The maximum Gasteiger partial charge on any atom is 0.334 e. The van der Waals surface area contributed by atoms with E-state index in [1.54, 1.807) is 25.3 Å². The Balaban J connectivity index is 1.58. The number of aromatic amines is 1. The van der Waals surface area contributed by atoms with E-state index < -0.39 is 18.2 Å². The van der Waals surface area contributed by atoms with E-state index >= 15 is 0 Å². The number of benzene rings is 2. The average molecular weight is 436 g/mol. The van der Waals surface area contributed by atoms with Crippen LogP contribution in [-0.2, 0) is 14.3 Å². The highest BCUT2D eigenvalue weighted by Crippen LogP contribution is 2.30. The SMILES string of the molecule is Cc1ccccc1-c1c[nH]c(=O)c2cc(O[C@H](C)C(=O)N3CCO[C@H](C(=O)O)C3)ccc12. The Kier molecular flexibility index (Phi) is 5.96.